The van der Waals surface area contributed by atoms with Gasteiger partial charge < -0.3 is 5.11 Å². The highest BCUT2D eigenvalue weighted by molar-refractivity contribution is 7.24. The van der Waals surface area contributed by atoms with Crippen LogP contribution in [0, 0.1) is 10.8 Å². The van der Waals surface area contributed by atoms with E-state index in [1.807, 2.05) is 0 Å². The highest BCUT2D eigenvalue weighted by atomic mass is 31.1. The van der Waals surface area contributed by atoms with E-state index in [2.05, 4.69) is 34.6 Å². The van der Waals surface area contributed by atoms with Gasteiger partial charge in [-0.05, 0) is 30.1 Å². The van der Waals surface area contributed by atoms with E-state index in [1.54, 1.807) is 0 Å². The summed E-state index contributed by atoms with van der Waals surface area (Å²) in [5, 5.41) is 8.64. The minimum Gasteiger partial charge on any atom is -0.481 e. The van der Waals surface area contributed by atoms with Crippen LogP contribution < -0.4 is 0 Å². The standard InChI is InChI=1S/C13H25O3P/c1-12(2,3)9-13(4,5)8-10(17-16)6-7-11(14)15/h10H,6-9H2,1-5H3,(H,14,15)/t10-/m1/s1. The molecule has 0 amide bonds. The quantitative estimate of drug-likeness (QED) is 0.692. The van der Waals surface area contributed by atoms with Crippen LogP contribution in [0.4, 0.5) is 0 Å². The zero-order chi connectivity index (χ0) is 13.7. The smallest absolute Gasteiger partial charge is 0.303 e. The summed E-state index contributed by atoms with van der Waals surface area (Å²) in [6.45, 7) is 10.9. The summed E-state index contributed by atoms with van der Waals surface area (Å²) >= 11 is 0. The molecule has 0 aliphatic heterocycles. The molecule has 4 heteroatoms. The number of rotatable bonds is 7. The zero-order valence-corrected chi connectivity index (χ0v) is 12.5. The first-order chi connectivity index (χ1) is 7.56. The minimum absolute atomic E-state index is 0.0385. The van der Waals surface area contributed by atoms with E-state index in [0.717, 1.165) is 12.8 Å². The number of aliphatic carboxylic acids is 1. The SMILES string of the molecule is CC(C)(C)CC(C)(C)C[C@@H](CCC(=O)O)P=O. The van der Waals surface area contributed by atoms with Crippen molar-refractivity contribution in [3.63, 3.8) is 0 Å². The summed E-state index contributed by atoms with van der Waals surface area (Å²) in [4.78, 5) is 10.5. The Bertz CT molecular complexity index is 266. The largest absolute Gasteiger partial charge is 0.481 e. The molecule has 0 aromatic carbocycles. The summed E-state index contributed by atoms with van der Waals surface area (Å²) in [6.07, 6.45) is 2.45. The average Bonchev–Trinajstić information content (AvgIpc) is 2.07. The Morgan fingerprint density at radius 3 is 2.12 bits per heavy atom. The molecule has 1 N–H and O–H groups in total. The molecule has 0 saturated carbocycles. The van der Waals surface area contributed by atoms with Gasteiger partial charge >= 0.3 is 5.97 Å². The number of carboxylic acids is 1. The second-order valence-electron chi connectivity index (χ2n) is 6.80. The molecule has 0 aliphatic carbocycles. The lowest BCUT2D eigenvalue weighted by Gasteiger charge is -2.33. The number of carbonyl (C=O) groups is 1. The van der Waals surface area contributed by atoms with Gasteiger partial charge in [-0.25, -0.2) is 0 Å². The van der Waals surface area contributed by atoms with Crippen molar-refractivity contribution in [3.05, 3.63) is 0 Å². The fraction of sp³-hybridized carbons (Fsp3) is 0.923. The molecule has 17 heavy (non-hydrogen) atoms. The number of carboxylic acid groups (broad SMARTS) is 1. The van der Waals surface area contributed by atoms with Crippen LogP contribution in [0.1, 0.15) is 60.3 Å². The summed E-state index contributed by atoms with van der Waals surface area (Å²) < 4.78 is 11.1. The van der Waals surface area contributed by atoms with Gasteiger partial charge in [0.1, 0.15) is 0 Å². The summed E-state index contributed by atoms with van der Waals surface area (Å²) in [5.74, 6) is -0.813. The van der Waals surface area contributed by atoms with Gasteiger partial charge in [0.25, 0.3) is 0 Å². The molecule has 0 spiro atoms. The topological polar surface area (TPSA) is 54.4 Å². The number of hydrogen-bond donors (Lipinski definition) is 1. The van der Waals surface area contributed by atoms with Crippen LogP contribution in [0.2, 0.25) is 0 Å². The van der Waals surface area contributed by atoms with Crippen molar-refractivity contribution in [1.82, 2.24) is 0 Å². The van der Waals surface area contributed by atoms with Gasteiger partial charge in [-0.2, -0.15) is 0 Å². The maximum atomic E-state index is 11.1. The maximum absolute atomic E-state index is 11.1. The van der Waals surface area contributed by atoms with Crippen LogP contribution >= 0.6 is 8.46 Å². The van der Waals surface area contributed by atoms with Crippen LogP contribution in [0.15, 0.2) is 0 Å². The lowest BCUT2D eigenvalue weighted by Crippen LogP contribution is -2.24. The van der Waals surface area contributed by atoms with E-state index < -0.39 is 5.97 Å². The Labute approximate surface area is 106 Å². The predicted octanol–water partition coefficient (Wildman–Crippen LogP) is 4.36. The van der Waals surface area contributed by atoms with Crippen LogP contribution in [0.3, 0.4) is 0 Å². The van der Waals surface area contributed by atoms with Crippen LogP contribution in [0.25, 0.3) is 0 Å². The first-order valence-corrected chi connectivity index (χ1v) is 6.98. The van der Waals surface area contributed by atoms with E-state index in [9.17, 15) is 9.36 Å². The van der Waals surface area contributed by atoms with Crippen LogP contribution in [0.5, 0.6) is 0 Å². The molecular formula is C13H25O3P. The highest BCUT2D eigenvalue weighted by Crippen LogP contribution is 2.39. The normalized spacial score (nSPS) is 14.9. The maximum Gasteiger partial charge on any atom is 0.303 e. The third-order valence-corrected chi connectivity index (χ3v) is 3.38. The van der Waals surface area contributed by atoms with Gasteiger partial charge in [-0.3, -0.25) is 9.36 Å². The average molecular weight is 260 g/mol. The second-order valence-corrected chi connectivity index (χ2v) is 7.74. The molecule has 3 nitrogen and oxygen atoms in total. The first kappa shape index (κ1) is 16.6. The Hall–Kier alpha value is -0.430. The molecule has 1 atom stereocenters. The third-order valence-electron chi connectivity index (χ3n) is 2.64. The predicted molar refractivity (Wildman–Crippen MR) is 70.7 cm³/mol. The van der Waals surface area contributed by atoms with Gasteiger partial charge in [0.2, 0.25) is 0 Å². The van der Waals surface area contributed by atoms with Crippen molar-refractivity contribution in [2.24, 2.45) is 10.8 Å². The highest BCUT2D eigenvalue weighted by Gasteiger charge is 2.28. The van der Waals surface area contributed by atoms with Crippen molar-refractivity contribution in [2.45, 2.75) is 66.0 Å². The fourth-order valence-electron chi connectivity index (χ4n) is 2.63. The fourth-order valence-corrected chi connectivity index (χ4v) is 3.43. The lowest BCUT2D eigenvalue weighted by atomic mass is 9.73. The Morgan fingerprint density at radius 2 is 1.76 bits per heavy atom. The van der Waals surface area contributed by atoms with Gasteiger partial charge in [-0.1, -0.05) is 34.6 Å². The molecule has 100 valence electrons. The van der Waals surface area contributed by atoms with E-state index >= 15 is 0 Å². The van der Waals surface area contributed by atoms with Crippen molar-refractivity contribution >= 4 is 14.4 Å². The van der Waals surface area contributed by atoms with E-state index in [1.165, 1.54) is 0 Å². The zero-order valence-electron chi connectivity index (χ0n) is 11.6. The van der Waals surface area contributed by atoms with Crippen molar-refractivity contribution in [1.29, 1.82) is 0 Å². The summed E-state index contributed by atoms with van der Waals surface area (Å²) in [7, 11) is 0.0733. The molecule has 0 heterocycles. The van der Waals surface area contributed by atoms with Crippen molar-refractivity contribution in [2.75, 3.05) is 0 Å². The minimum atomic E-state index is -0.813. The van der Waals surface area contributed by atoms with Crippen molar-refractivity contribution < 1.29 is 14.5 Å². The monoisotopic (exact) mass is 260 g/mol. The molecule has 0 aliphatic rings. The van der Waals surface area contributed by atoms with Crippen LogP contribution in [-0.4, -0.2) is 16.7 Å². The van der Waals surface area contributed by atoms with Gasteiger partial charge in [0, 0.05) is 12.1 Å². The molecule has 0 saturated heterocycles. The van der Waals surface area contributed by atoms with Gasteiger partial charge in [0.05, 0.1) is 0 Å². The Balaban J connectivity index is 4.34. The Kier molecular flexibility index (Phi) is 6.32. The van der Waals surface area contributed by atoms with Gasteiger partial charge in [-0.15, -0.1) is 0 Å². The van der Waals surface area contributed by atoms with Crippen LogP contribution in [-0.2, 0) is 9.36 Å². The molecule has 0 aromatic heterocycles. The molecule has 0 fully saturated rings. The van der Waals surface area contributed by atoms with E-state index in [4.69, 9.17) is 5.11 Å². The molecule has 0 radical (unpaired) electrons. The van der Waals surface area contributed by atoms with Crippen molar-refractivity contribution in [3.8, 4) is 0 Å². The first-order valence-electron chi connectivity index (χ1n) is 6.10. The molecule has 0 unspecified atom stereocenters. The summed E-state index contributed by atoms with van der Waals surface area (Å²) in [6, 6.07) is 0. The van der Waals surface area contributed by atoms with Gasteiger partial charge in [0.15, 0.2) is 8.46 Å². The second kappa shape index (κ2) is 6.49. The summed E-state index contributed by atoms with van der Waals surface area (Å²) in [5.41, 5.74) is 0.294. The molecular weight excluding hydrogens is 235 g/mol. The lowest BCUT2D eigenvalue weighted by molar-refractivity contribution is -0.137. The molecule has 0 bridgehead atoms. The number of hydrogen-bond acceptors (Lipinski definition) is 2. The molecule has 0 aromatic rings. The Morgan fingerprint density at radius 1 is 1.24 bits per heavy atom. The van der Waals surface area contributed by atoms with E-state index in [0.29, 0.717) is 6.42 Å². The third kappa shape index (κ3) is 9.29. The molecule has 0 rings (SSSR count). The van der Waals surface area contributed by atoms with E-state index in [-0.39, 0.29) is 31.4 Å².